The van der Waals surface area contributed by atoms with Crippen LogP contribution in [0.4, 0.5) is 0 Å². The minimum Gasteiger partial charge on any atom is -0.379 e. The van der Waals surface area contributed by atoms with Crippen LogP contribution in [0.5, 0.6) is 0 Å². The van der Waals surface area contributed by atoms with Crippen LogP contribution in [0.1, 0.15) is 21.6 Å². The number of hydrogen-bond acceptors (Lipinski definition) is 4. The number of aryl methyl sites for hydroxylation is 1. The molecule has 1 aliphatic heterocycles. The maximum absolute atomic E-state index is 12.9. The lowest BCUT2D eigenvalue weighted by molar-refractivity contribution is 0.0736. The van der Waals surface area contributed by atoms with Crippen molar-refractivity contribution < 1.29 is 9.53 Å². The minimum atomic E-state index is 0.0190. The Balaban J connectivity index is 1.52. The van der Waals surface area contributed by atoms with Crippen molar-refractivity contribution in [2.24, 2.45) is 5.92 Å². The van der Waals surface area contributed by atoms with Gasteiger partial charge in [-0.15, -0.1) is 0 Å². The zero-order chi connectivity index (χ0) is 17.9. The molecule has 6 nitrogen and oxygen atoms in total. The van der Waals surface area contributed by atoms with Crippen molar-refractivity contribution in [3.05, 3.63) is 66.0 Å². The molecule has 1 aliphatic rings. The molecule has 134 valence electrons. The number of fused-ring (bicyclic) bond motifs is 1. The van der Waals surface area contributed by atoms with Gasteiger partial charge in [0.1, 0.15) is 0 Å². The van der Waals surface area contributed by atoms with E-state index in [9.17, 15) is 4.79 Å². The van der Waals surface area contributed by atoms with Gasteiger partial charge in [0.15, 0.2) is 0 Å². The van der Waals surface area contributed by atoms with Crippen molar-refractivity contribution >= 4 is 11.4 Å². The Morgan fingerprint density at radius 2 is 2.27 bits per heavy atom. The highest BCUT2D eigenvalue weighted by molar-refractivity contribution is 5.94. The monoisotopic (exact) mass is 350 g/mol. The lowest BCUT2D eigenvalue weighted by Gasteiger charge is -2.23. The average molecular weight is 350 g/mol. The van der Waals surface area contributed by atoms with E-state index in [0.717, 1.165) is 23.2 Å². The molecule has 4 rings (SSSR count). The quantitative estimate of drug-likeness (QED) is 0.728. The number of carbonyl (C=O) groups is 1. The molecule has 1 amide bonds. The van der Waals surface area contributed by atoms with Crippen LogP contribution in [-0.4, -0.2) is 51.5 Å². The lowest BCUT2D eigenvalue weighted by Crippen LogP contribution is -2.36. The minimum absolute atomic E-state index is 0.0190. The summed E-state index contributed by atoms with van der Waals surface area (Å²) in [5, 5.41) is 0. The summed E-state index contributed by atoms with van der Waals surface area (Å²) in [5.41, 5.74) is 3.77. The number of pyridine rings is 1. The van der Waals surface area contributed by atoms with Gasteiger partial charge in [-0.1, -0.05) is 0 Å². The molecular weight excluding hydrogens is 328 g/mol. The summed E-state index contributed by atoms with van der Waals surface area (Å²) < 4.78 is 7.84. The van der Waals surface area contributed by atoms with Gasteiger partial charge >= 0.3 is 0 Å². The smallest absolute Gasteiger partial charge is 0.255 e. The van der Waals surface area contributed by atoms with Gasteiger partial charge in [-0.25, -0.2) is 0 Å². The van der Waals surface area contributed by atoms with Gasteiger partial charge in [0.2, 0.25) is 0 Å². The molecule has 0 aliphatic carbocycles. The molecule has 0 unspecified atom stereocenters. The zero-order valence-corrected chi connectivity index (χ0v) is 14.8. The first-order valence-electron chi connectivity index (χ1n) is 8.90. The summed E-state index contributed by atoms with van der Waals surface area (Å²) in [5.74, 6) is 0.235. The summed E-state index contributed by atoms with van der Waals surface area (Å²) in [6.45, 7) is 4.41. The summed E-state index contributed by atoms with van der Waals surface area (Å²) >= 11 is 0. The molecule has 0 N–H and O–H groups in total. The van der Waals surface area contributed by atoms with E-state index in [2.05, 4.69) is 20.4 Å². The molecule has 3 aromatic heterocycles. The average Bonchev–Trinajstić information content (AvgIpc) is 3.01. The topological polar surface area (TPSA) is 59.7 Å². The molecule has 6 heteroatoms. The number of nitrogens with zero attached hydrogens (tertiary/aromatic N) is 4. The molecule has 0 saturated carbocycles. The van der Waals surface area contributed by atoms with Gasteiger partial charge in [-0.3, -0.25) is 14.8 Å². The Kier molecular flexibility index (Phi) is 4.67. The molecule has 0 spiro atoms. The third-order valence-corrected chi connectivity index (χ3v) is 4.76. The predicted octanol–water partition coefficient (Wildman–Crippen LogP) is 2.37. The van der Waals surface area contributed by atoms with E-state index >= 15 is 0 Å². The Labute approximate surface area is 152 Å². The highest BCUT2D eigenvalue weighted by Gasteiger charge is 2.24. The Bertz CT molecular complexity index is 921. The van der Waals surface area contributed by atoms with E-state index in [-0.39, 0.29) is 11.8 Å². The second-order valence-electron chi connectivity index (χ2n) is 6.82. The van der Waals surface area contributed by atoms with Gasteiger partial charge in [-0.2, -0.15) is 0 Å². The molecule has 1 atom stereocenters. The van der Waals surface area contributed by atoms with E-state index in [1.54, 1.807) is 12.4 Å². The first-order chi connectivity index (χ1) is 12.7. The van der Waals surface area contributed by atoms with Gasteiger partial charge in [0.25, 0.3) is 5.91 Å². The number of rotatable bonds is 3. The predicted molar refractivity (Wildman–Crippen MR) is 98.1 cm³/mol. The van der Waals surface area contributed by atoms with Gasteiger partial charge in [-0.05, 0) is 37.1 Å². The standard InChI is InChI=1S/C20H22N4O2/c1-15-9-17(12-21-11-15)20(25)24-7-8-26-14-16(13-24)10-18-19-3-2-5-23(19)6-4-22-18/h2-6,9,11-12,16H,7-8,10,13-14H2,1H3/t16-/m0/s1. The molecule has 0 radical (unpaired) electrons. The van der Waals surface area contributed by atoms with E-state index in [1.165, 1.54) is 0 Å². The first kappa shape index (κ1) is 16.7. The fourth-order valence-corrected chi connectivity index (χ4v) is 3.50. The first-order valence-corrected chi connectivity index (χ1v) is 8.90. The van der Waals surface area contributed by atoms with Crippen LogP contribution in [-0.2, 0) is 11.2 Å². The van der Waals surface area contributed by atoms with Crippen LogP contribution in [0.3, 0.4) is 0 Å². The lowest BCUT2D eigenvalue weighted by atomic mass is 10.0. The number of carbonyl (C=O) groups excluding carboxylic acids is 1. The van der Waals surface area contributed by atoms with E-state index in [0.29, 0.717) is 31.9 Å². The van der Waals surface area contributed by atoms with E-state index < -0.39 is 0 Å². The Morgan fingerprint density at radius 3 is 3.15 bits per heavy atom. The molecule has 0 aromatic carbocycles. The van der Waals surface area contributed by atoms with Crippen LogP contribution in [0.2, 0.25) is 0 Å². The van der Waals surface area contributed by atoms with Crippen LogP contribution in [0, 0.1) is 12.8 Å². The highest BCUT2D eigenvalue weighted by Crippen LogP contribution is 2.18. The van der Waals surface area contributed by atoms with Gasteiger partial charge in [0, 0.05) is 50.0 Å². The summed E-state index contributed by atoms with van der Waals surface area (Å²) in [7, 11) is 0. The van der Waals surface area contributed by atoms with E-state index in [1.807, 2.05) is 42.5 Å². The molecule has 26 heavy (non-hydrogen) atoms. The normalized spacial score (nSPS) is 18.0. The molecule has 1 fully saturated rings. The fourth-order valence-electron chi connectivity index (χ4n) is 3.50. The molecule has 3 aromatic rings. The maximum atomic E-state index is 12.9. The highest BCUT2D eigenvalue weighted by atomic mass is 16.5. The van der Waals surface area contributed by atoms with Gasteiger partial charge < -0.3 is 14.0 Å². The van der Waals surface area contributed by atoms with Crippen molar-refractivity contribution in [1.82, 2.24) is 19.3 Å². The second-order valence-corrected chi connectivity index (χ2v) is 6.82. The number of ether oxygens (including phenoxy) is 1. The number of hydrogen-bond donors (Lipinski definition) is 0. The van der Waals surface area contributed by atoms with Crippen LogP contribution in [0.25, 0.3) is 5.52 Å². The van der Waals surface area contributed by atoms with Gasteiger partial charge in [0.05, 0.1) is 30.0 Å². The van der Waals surface area contributed by atoms with Crippen molar-refractivity contribution in [1.29, 1.82) is 0 Å². The Morgan fingerprint density at radius 1 is 1.35 bits per heavy atom. The van der Waals surface area contributed by atoms with Crippen molar-refractivity contribution in [2.75, 3.05) is 26.3 Å². The largest absolute Gasteiger partial charge is 0.379 e. The molecule has 0 bridgehead atoms. The number of amides is 1. The fraction of sp³-hybridized carbons (Fsp3) is 0.350. The van der Waals surface area contributed by atoms with Crippen molar-refractivity contribution in [2.45, 2.75) is 13.3 Å². The molecular formula is C20H22N4O2. The Hall–Kier alpha value is -2.73. The van der Waals surface area contributed by atoms with Crippen molar-refractivity contribution in [3.8, 4) is 0 Å². The number of aromatic nitrogens is 3. The molecule has 4 heterocycles. The SMILES string of the molecule is Cc1cncc(C(=O)N2CCOC[C@@H](Cc3nccn4cccc34)C2)c1. The van der Waals surface area contributed by atoms with E-state index in [4.69, 9.17) is 4.74 Å². The van der Waals surface area contributed by atoms with Crippen molar-refractivity contribution in [3.63, 3.8) is 0 Å². The zero-order valence-electron chi connectivity index (χ0n) is 14.8. The molecule has 1 saturated heterocycles. The maximum Gasteiger partial charge on any atom is 0.255 e. The summed E-state index contributed by atoms with van der Waals surface area (Å²) in [6.07, 6.45) is 9.97. The summed E-state index contributed by atoms with van der Waals surface area (Å²) in [4.78, 5) is 23.5. The third kappa shape index (κ3) is 3.46. The van der Waals surface area contributed by atoms with Crippen LogP contribution >= 0.6 is 0 Å². The second kappa shape index (κ2) is 7.25. The summed E-state index contributed by atoms with van der Waals surface area (Å²) in [6, 6.07) is 5.98. The third-order valence-electron chi connectivity index (χ3n) is 4.76. The van der Waals surface area contributed by atoms with Crippen LogP contribution in [0.15, 0.2) is 49.2 Å². The van der Waals surface area contributed by atoms with Crippen LogP contribution < -0.4 is 0 Å².